The van der Waals surface area contributed by atoms with E-state index >= 15 is 0 Å². The van der Waals surface area contributed by atoms with E-state index in [4.69, 9.17) is 4.74 Å². The number of benzene rings is 2. The van der Waals surface area contributed by atoms with Crippen molar-refractivity contribution in [3.63, 3.8) is 0 Å². The first kappa shape index (κ1) is 18.2. The molecular formula is C23H23N3O2. The van der Waals surface area contributed by atoms with Crippen LogP contribution < -0.4 is 10.2 Å². The minimum absolute atomic E-state index is 0.0703. The van der Waals surface area contributed by atoms with Gasteiger partial charge in [-0.15, -0.1) is 0 Å². The molecule has 0 bridgehead atoms. The van der Waals surface area contributed by atoms with Crippen LogP contribution >= 0.6 is 0 Å². The molecule has 1 aliphatic rings. The van der Waals surface area contributed by atoms with Gasteiger partial charge < -0.3 is 15.0 Å². The van der Waals surface area contributed by atoms with Gasteiger partial charge >= 0.3 is 0 Å². The van der Waals surface area contributed by atoms with Crippen LogP contribution in [0.4, 0.5) is 11.5 Å². The van der Waals surface area contributed by atoms with Crippen molar-refractivity contribution in [2.75, 3.05) is 36.5 Å². The van der Waals surface area contributed by atoms with Crippen LogP contribution in [-0.4, -0.2) is 37.2 Å². The van der Waals surface area contributed by atoms with E-state index < -0.39 is 0 Å². The van der Waals surface area contributed by atoms with E-state index in [-0.39, 0.29) is 5.91 Å². The number of anilines is 2. The van der Waals surface area contributed by atoms with Gasteiger partial charge in [0.05, 0.1) is 31.5 Å². The summed E-state index contributed by atoms with van der Waals surface area (Å²) >= 11 is 0. The summed E-state index contributed by atoms with van der Waals surface area (Å²) in [5.74, 6) is 0.502. The number of morpholine rings is 1. The van der Waals surface area contributed by atoms with Crippen LogP contribution in [0.2, 0.25) is 0 Å². The van der Waals surface area contributed by atoms with Crippen molar-refractivity contribution in [2.24, 2.45) is 0 Å². The fourth-order valence-corrected chi connectivity index (χ4v) is 3.29. The minimum Gasteiger partial charge on any atom is -0.378 e. The number of carbonyl (C=O) groups is 1. The highest BCUT2D eigenvalue weighted by molar-refractivity contribution is 5.91. The first-order valence-corrected chi connectivity index (χ1v) is 9.51. The lowest BCUT2D eigenvalue weighted by molar-refractivity contribution is -0.115. The molecule has 1 N–H and O–H groups in total. The predicted octanol–water partition coefficient (Wildman–Crippen LogP) is 3.77. The number of hydrogen-bond donors (Lipinski definition) is 1. The molecule has 2 aromatic carbocycles. The topological polar surface area (TPSA) is 54.5 Å². The predicted molar refractivity (Wildman–Crippen MR) is 111 cm³/mol. The largest absolute Gasteiger partial charge is 0.378 e. The molecule has 1 saturated heterocycles. The molecule has 4 rings (SSSR count). The number of nitrogens with zero attached hydrogens (tertiary/aromatic N) is 2. The van der Waals surface area contributed by atoms with Gasteiger partial charge in [-0.1, -0.05) is 54.6 Å². The molecule has 1 amide bonds. The zero-order chi connectivity index (χ0) is 19.2. The van der Waals surface area contributed by atoms with Crippen LogP contribution in [0.3, 0.4) is 0 Å². The van der Waals surface area contributed by atoms with Gasteiger partial charge in [0.1, 0.15) is 5.82 Å². The van der Waals surface area contributed by atoms with E-state index in [1.54, 1.807) is 6.20 Å². The van der Waals surface area contributed by atoms with Crippen molar-refractivity contribution in [3.05, 3.63) is 78.5 Å². The standard InChI is InChI=1S/C23H23N3O2/c27-23(16-18-6-8-20(9-7-18)19-4-2-1-3-5-19)25-22-11-10-21(17-24-22)26-12-14-28-15-13-26/h1-11,17H,12-16H2,(H,24,25,27). The lowest BCUT2D eigenvalue weighted by Gasteiger charge is -2.28. The second-order valence-corrected chi connectivity index (χ2v) is 6.79. The summed E-state index contributed by atoms with van der Waals surface area (Å²) in [5, 5.41) is 2.87. The zero-order valence-electron chi connectivity index (χ0n) is 15.7. The van der Waals surface area contributed by atoms with E-state index in [1.165, 1.54) is 5.56 Å². The highest BCUT2D eigenvalue weighted by Crippen LogP contribution is 2.20. The summed E-state index contributed by atoms with van der Waals surface area (Å²) in [6, 6.07) is 22.1. The summed E-state index contributed by atoms with van der Waals surface area (Å²) in [6.45, 7) is 3.21. The molecule has 5 heteroatoms. The van der Waals surface area contributed by atoms with Crippen molar-refractivity contribution in [1.29, 1.82) is 0 Å². The number of carbonyl (C=O) groups excluding carboxylic acids is 1. The van der Waals surface area contributed by atoms with E-state index in [0.717, 1.165) is 43.1 Å². The highest BCUT2D eigenvalue weighted by Gasteiger charge is 2.12. The Bertz CT molecular complexity index is 903. The van der Waals surface area contributed by atoms with Gasteiger partial charge in [-0.25, -0.2) is 4.98 Å². The average molecular weight is 373 g/mol. The molecule has 0 spiro atoms. The monoisotopic (exact) mass is 373 g/mol. The van der Waals surface area contributed by atoms with E-state index in [1.807, 2.05) is 54.6 Å². The third-order valence-corrected chi connectivity index (χ3v) is 4.82. The maximum atomic E-state index is 12.3. The summed E-state index contributed by atoms with van der Waals surface area (Å²) in [7, 11) is 0. The van der Waals surface area contributed by atoms with E-state index in [0.29, 0.717) is 12.2 Å². The minimum atomic E-state index is -0.0703. The molecule has 1 aliphatic heterocycles. The molecule has 0 unspecified atom stereocenters. The molecule has 28 heavy (non-hydrogen) atoms. The Morgan fingerprint density at radius 3 is 2.32 bits per heavy atom. The van der Waals surface area contributed by atoms with Crippen LogP contribution in [-0.2, 0) is 16.0 Å². The molecule has 5 nitrogen and oxygen atoms in total. The Labute approximate surface area is 165 Å². The molecule has 0 saturated carbocycles. The Balaban J connectivity index is 1.34. The lowest BCUT2D eigenvalue weighted by atomic mass is 10.0. The number of rotatable bonds is 5. The quantitative estimate of drug-likeness (QED) is 0.740. The SMILES string of the molecule is O=C(Cc1ccc(-c2ccccc2)cc1)Nc1ccc(N2CCOCC2)cn1. The molecular weight excluding hydrogens is 350 g/mol. The normalized spacial score (nSPS) is 13.9. The third-order valence-electron chi connectivity index (χ3n) is 4.82. The average Bonchev–Trinajstić information content (AvgIpc) is 2.76. The van der Waals surface area contributed by atoms with Gasteiger partial charge in [-0.2, -0.15) is 0 Å². The van der Waals surface area contributed by atoms with Gasteiger partial charge in [0.15, 0.2) is 0 Å². The Hall–Kier alpha value is -3.18. The molecule has 0 aliphatic carbocycles. The van der Waals surface area contributed by atoms with Gasteiger partial charge in [-0.3, -0.25) is 4.79 Å². The van der Waals surface area contributed by atoms with Crippen LogP contribution in [0.5, 0.6) is 0 Å². The van der Waals surface area contributed by atoms with Crippen LogP contribution in [0, 0.1) is 0 Å². The van der Waals surface area contributed by atoms with Gasteiger partial charge in [0.25, 0.3) is 0 Å². The maximum absolute atomic E-state index is 12.3. The zero-order valence-corrected chi connectivity index (χ0v) is 15.7. The van der Waals surface area contributed by atoms with Crippen LogP contribution in [0.25, 0.3) is 11.1 Å². The number of nitrogens with one attached hydrogen (secondary N) is 1. The van der Waals surface area contributed by atoms with Crippen LogP contribution in [0.1, 0.15) is 5.56 Å². The number of ether oxygens (including phenoxy) is 1. The second kappa shape index (κ2) is 8.67. The summed E-state index contributed by atoms with van der Waals surface area (Å²) in [6.07, 6.45) is 2.12. The number of aromatic nitrogens is 1. The molecule has 0 atom stereocenters. The molecule has 142 valence electrons. The van der Waals surface area contributed by atoms with Crippen molar-refractivity contribution in [3.8, 4) is 11.1 Å². The fourth-order valence-electron chi connectivity index (χ4n) is 3.29. The fraction of sp³-hybridized carbons (Fsp3) is 0.217. The van der Waals surface area contributed by atoms with E-state index in [9.17, 15) is 4.79 Å². The first-order chi connectivity index (χ1) is 13.8. The molecule has 3 aromatic rings. The summed E-state index contributed by atoms with van der Waals surface area (Å²) in [4.78, 5) is 19.0. The third kappa shape index (κ3) is 4.56. The van der Waals surface area contributed by atoms with Crippen molar-refractivity contribution >= 4 is 17.4 Å². The van der Waals surface area contributed by atoms with Crippen LogP contribution in [0.15, 0.2) is 72.9 Å². The van der Waals surface area contributed by atoms with E-state index in [2.05, 4.69) is 27.3 Å². The van der Waals surface area contributed by atoms with Crippen molar-refractivity contribution < 1.29 is 9.53 Å². The summed E-state index contributed by atoms with van der Waals surface area (Å²) < 4.78 is 5.37. The van der Waals surface area contributed by atoms with Crippen molar-refractivity contribution in [2.45, 2.75) is 6.42 Å². The Morgan fingerprint density at radius 1 is 0.929 bits per heavy atom. The van der Waals surface area contributed by atoms with Gasteiger partial charge in [0, 0.05) is 13.1 Å². The highest BCUT2D eigenvalue weighted by atomic mass is 16.5. The number of hydrogen-bond acceptors (Lipinski definition) is 4. The number of pyridine rings is 1. The van der Waals surface area contributed by atoms with Crippen molar-refractivity contribution in [1.82, 2.24) is 4.98 Å². The van der Waals surface area contributed by atoms with Gasteiger partial charge in [0.2, 0.25) is 5.91 Å². The second-order valence-electron chi connectivity index (χ2n) is 6.79. The molecule has 1 aromatic heterocycles. The Kier molecular flexibility index (Phi) is 5.64. The maximum Gasteiger partial charge on any atom is 0.229 e. The molecule has 2 heterocycles. The lowest BCUT2D eigenvalue weighted by Crippen LogP contribution is -2.36. The Morgan fingerprint density at radius 2 is 1.64 bits per heavy atom. The molecule has 1 fully saturated rings. The van der Waals surface area contributed by atoms with Gasteiger partial charge in [-0.05, 0) is 28.8 Å². The summed E-state index contributed by atoms with van der Waals surface area (Å²) in [5.41, 5.74) is 4.34. The smallest absolute Gasteiger partial charge is 0.229 e. The first-order valence-electron chi connectivity index (χ1n) is 9.51. The number of amides is 1. The molecule has 0 radical (unpaired) electrons.